The number of alkyl halides is 3. The molecule has 2 unspecified atom stereocenters. The van der Waals surface area contributed by atoms with Crippen molar-refractivity contribution in [2.24, 2.45) is 11.8 Å². The number of halogens is 3. The Kier molecular flexibility index (Phi) is 5.02. The molecule has 0 radical (unpaired) electrons. The number of likely N-dealkylation sites (tertiary alicyclic amines) is 1. The highest BCUT2D eigenvalue weighted by Crippen LogP contribution is 2.32. The molecule has 110 valence electrons. The van der Waals surface area contributed by atoms with Gasteiger partial charge in [-0.3, -0.25) is 4.79 Å². The quantitative estimate of drug-likeness (QED) is 0.827. The Morgan fingerprint density at radius 3 is 2.63 bits per heavy atom. The molecule has 8 heteroatoms. The molecule has 0 aromatic rings. The average Bonchev–Trinajstić information content (AvgIpc) is 2.34. The molecule has 0 spiro atoms. The van der Waals surface area contributed by atoms with E-state index in [2.05, 4.69) is 5.32 Å². The minimum absolute atomic E-state index is 0.0266. The summed E-state index contributed by atoms with van der Waals surface area (Å²) in [6.07, 6.45) is -3.97. The molecular weight excluding hydrogens is 265 g/mol. The van der Waals surface area contributed by atoms with Crippen LogP contribution in [-0.4, -0.2) is 47.8 Å². The monoisotopic (exact) mass is 282 g/mol. The van der Waals surface area contributed by atoms with Gasteiger partial charge in [0.05, 0.1) is 11.8 Å². The molecule has 0 bridgehead atoms. The number of carbonyl (C=O) groups is 2. The SMILES string of the molecule is CC(CNC(=O)N1CCCC(C(F)(F)F)C1)C(=O)O. The maximum atomic E-state index is 12.6. The van der Waals surface area contributed by atoms with E-state index in [-0.39, 0.29) is 26.1 Å². The van der Waals surface area contributed by atoms with E-state index >= 15 is 0 Å². The Morgan fingerprint density at radius 2 is 2.11 bits per heavy atom. The van der Waals surface area contributed by atoms with Gasteiger partial charge in [0.25, 0.3) is 0 Å². The minimum Gasteiger partial charge on any atom is -0.481 e. The van der Waals surface area contributed by atoms with Crippen molar-refractivity contribution in [1.29, 1.82) is 0 Å². The standard InChI is InChI=1S/C11H17F3N2O3/c1-7(9(17)18)5-15-10(19)16-4-2-3-8(6-16)11(12,13)14/h7-8H,2-6H2,1H3,(H,15,19)(H,17,18). The van der Waals surface area contributed by atoms with E-state index in [4.69, 9.17) is 5.11 Å². The summed E-state index contributed by atoms with van der Waals surface area (Å²) in [5.74, 6) is -3.33. The van der Waals surface area contributed by atoms with Crippen LogP contribution in [0.5, 0.6) is 0 Å². The number of amides is 2. The van der Waals surface area contributed by atoms with Crippen LogP contribution in [-0.2, 0) is 4.79 Å². The van der Waals surface area contributed by atoms with E-state index in [0.29, 0.717) is 6.42 Å². The Morgan fingerprint density at radius 1 is 1.47 bits per heavy atom. The fourth-order valence-electron chi connectivity index (χ4n) is 1.87. The fraction of sp³-hybridized carbons (Fsp3) is 0.818. The van der Waals surface area contributed by atoms with Gasteiger partial charge in [0.1, 0.15) is 0 Å². The van der Waals surface area contributed by atoms with Crippen LogP contribution in [0.3, 0.4) is 0 Å². The topological polar surface area (TPSA) is 69.6 Å². The third kappa shape index (κ3) is 4.60. The number of nitrogens with one attached hydrogen (secondary N) is 1. The van der Waals surface area contributed by atoms with Crippen molar-refractivity contribution < 1.29 is 27.9 Å². The van der Waals surface area contributed by atoms with Crippen LogP contribution in [0.25, 0.3) is 0 Å². The molecular formula is C11H17F3N2O3. The number of piperidine rings is 1. The van der Waals surface area contributed by atoms with Crippen LogP contribution in [0.4, 0.5) is 18.0 Å². The summed E-state index contributed by atoms with van der Waals surface area (Å²) in [7, 11) is 0. The number of carboxylic acids is 1. The molecule has 1 aliphatic heterocycles. The van der Waals surface area contributed by atoms with Crippen LogP contribution in [0, 0.1) is 11.8 Å². The molecule has 19 heavy (non-hydrogen) atoms. The molecule has 1 fully saturated rings. The highest BCUT2D eigenvalue weighted by Gasteiger charge is 2.42. The number of carbonyl (C=O) groups excluding carboxylic acids is 1. The van der Waals surface area contributed by atoms with Crippen LogP contribution in [0.2, 0.25) is 0 Å². The number of aliphatic carboxylic acids is 1. The van der Waals surface area contributed by atoms with Crippen molar-refractivity contribution in [2.45, 2.75) is 25.9 Å². The first kappa shape index (κ1) is 15.6. The highest BCUT2D eigenvalue weighted by atomic mass is 19.4. The lowest BCUT2D eigenvalue weighted by atomic mass is 9.98. The third-order valence-electron chi connectivity index (χ3n) is 3.15. The van der Waals surface area contributed by atoms with Gasteiger partial charge in [0, 0.05) is 19.6 Å². The van der Waals surface area contributed by atoms with Gasteiger partial charge in [-0.1, -0.05) is 6.92 Å². The van der Waals surface area contributed by atoms with Crippen molar-refractivity contribution >= 4 is 12.0 Å². The van der Waals surface area contributed by atoms with Gasteiger partial charge in [-0.2, -0.15) is 13.2 Å². The van der Waals surface area contributed by atoms with Crippen LogP contribution >= 0.6 is 0 Å². The Bertz CT molecular complexity index is 347. The van der Waals surface area contributed by atoms with Gasteiger partial charge in [-0.05, 0) is 12.8 Å². The zero-order valence-corrected chi connectivity index (χ0v) is 10.5. The zero-order valence-electron chi connectivity index (χ0n) is 10.5. The van der Waals surface area contributed by atoms with Gasteiger partial charge >= 0.3 is 18.2 Å². The van der Waals surface area contributed by atoms with Crippen molar-refractivity contribution in [2.75, 3.05) is 19.6 Å². The number of hydrogen-bond donors (Lipinski definition) is 2. The van der Waals surface area contributed by atoms with E-state index in [1.807, 2.05) is 0 Å². The molecule has 1 rings (SSSR count). The van der Waals surface area contributed by atoms with Gasteiger partial charge in [0.15, 0.2) is 0 Å². The Balaban J connectivity index is 2.46. The Labute approximate surface area is 108 Å². The molecule has 0 aliphatic carbocycles. The molecule has 1 aliphatic rings. The maximum Gasteiger partial charge on any atom is 0.393 e. The van der Waals surface area contributed by atoms with Crippen LogP contribution in [0.15, 0.2) is 0 Å². The van der Waals surface area contributed by atoms with Crippen LogP contribution in [0.1, 0.15) is 19.8 Å². The minimum atomic E-state index is -4.30. The van der Waals surface area contributed by atoms with E-state index in [0.717, 1.165) is 4.90 Å². The zero-order chi connectivity index (χ0) is 14.6. The maximum absolute atomic E-state index is 12.6. The summed E-state index contributed by atoms with van der Waals surface area (Å²) < 4.78 is 37.7. The number of carboxylic acid groups (broad SMARTS) is 1. The molecule has 0 aromatic carbocycles. The summed E-state index contributed by atoms with van der Waals surface area (Å²) in [6, 6.07) is -0.637. The predicted octanol–water partition coefficient (Wildman–Crippen LogP) is 1.69. The molecule has 2 N–H and O–H groups in total. The summed E-state index contributed by atoms with van der Waals surface area (Å²) in [4.78, 5) is 23.3. The first-order valence-electron chi connectivity index (χ1n) is 6.04. The summed E-state index contributed by atoms with van der Waals surface area (Å²) in [5.41, 5.74) is 0. The van der Waals surface area contributed by atoms with E-state index < -0.39 is 30.0 Å². The molecule has 2 atom stereocenters. The van der Waals surface area contributed by atoms with Gasteiger partial charge in [-0.15, -0.1) is 0 Å². The smallest absolute Gasteiger partial charge is 0.393 e. The lowest BCUT2D eigenvalue weighted by Gasteiger charge is -2.33. The molecule has 0 aromatic heterocycles. The summed E-state index contributed by atoms with van der Waals surface area (Å²) in [5, 5.41) is 11.0. The van der Waals surface area contributed by atoms with E-state index in [1.54, 1.807) is 0 Å². The van der Waals surface area contributed by atoms with Gasteiger partial charge in [0.2, 0.25) is 0 Å². The number of rotatable bonds is 3. The van der Waals surface area contributed by atoms with Crippen LogP contribution < -0.4 is 5.32 Å². The molecule has 0 saturated carbocycles. The first-order chi connectivity index (χ1) is 8.71. The lowest BCUT2D eigenvalue weighted by Crippen LogP contribution is -2.49. The van der Waals surface area contributed by atoms with Crippen molar-refractivity contribution in [1.82, 2.24) is 10.2 Å². The number of hydrogen-bond acceptors (Lipinski definition) is 2. The largest absolute Gasteiger partial charge is 0.481 e. The number of nitrogens with zero attached hydrogens (tertiary/aromatic N) is 1. The molecule has 2 amide bonds. The lowest BCUT2D eigenvalue weighted by molar-refractivity contribution is -0.184. The van der Waals surface area contributed by atoms with Gasteiger partial charge in [-0.25, -0.2) is 4.79 Å². The first-order valence-corrected chi connectivity index (χ1v) is 6.04. The second-order valence-electron chi connectivity index (χ2n) is 4.75. The summed E-state index contributed by atoms with van der Waals surface area (Å²) in [6.45, 7) is 1.22. The van der Waals surface area contributed by atoms with Crippen molar-refractivity contribution in [3.05, 3.63) is 0 Å². The Hall–Kier alpha value is -1.47. The van der Waals surface area contributed by atoms with Crippen molar-refractivity contribution in [3.63, 3.8) is 0 Å². The number of urea groups is 1. The molecule has 1 saturated heterocycles. The van der Waals surface area contributed by atoms with E-state index in [1.165, 1.54) is 6.92 Å². The second-order valence-corrected chi connectivity index (χ2v) is 4.75. The third-order valence-corrected chi connectivity index (χ3v) is 3.15. The fourth-order valence-corrected chi connectivity index (χ4v) is 1.87. The predicted molar refractivity (Wildman–Crippen MR) is 60.6 cm³/mol. The normalized spacial score (nSPS) is 21.9. The average molecular weight is 282 g/mol. The van der Waals surface area contributed by atoms with Gasteiger partial charge < -0.3 is 15.3 Å². The molecule has 5 nitrogen and oxygen atoms in total. The highest BCUT2D eigenvalue weighted by molar-refractivity contribution is 5.76. The van der Waals surface area contributed by atoms with Crippen molar-refractivity contribution in [3.8, 4) is 0 Å². The summed E-state index contributed by atoms with van der Waals surface area (Å²) >= 11 is 0. The van der Waals surface area contributed by atoms with E-state index in [9.17, 15) is 22.8 Å². The second kappa shape index (κ2) is 6.12. The molecule has 1 heterocycles.